The van der Waals surface area contributed by atoms with E-state index in [0.717, 1.165) is 0 Å². The molecule has 2 aromatic rings. The molecule has 0 bridgehead atoms. The topological polar surface area (TPSA) is 70.2 Å². The van der Waals surface area contributed by atoms with Crippen LogP contribution in [0.1, 0.15) is 20.7 Å². The van der Waals surface area contributed by atoms with Crippen LogP contribution in [0.3, 0.4) is 0 Å². The minimum Gasteiger partial charge on any atom is -0.355 e. The molecule has 0 fully saturated rings. The van der Waals surface area contributed by atoms with Gasteiger partial charge in [0.25, 0.3) is 11.8 Å². The minimum atomic E-state index is -0.461. The van der Waals surface area contributed by atoms with Gasteiger partial charge in [-0.2, -0.15) is 0 Å². The molecule has 0 aliphatic heterocycles. The summed E-state index contributed by atoms with van der Waals surface area (Å²) >= 11 is 16.9. The van der Waals surface area contributed by atoms with E-state index in [9.17, 15) is 9.59 Å². The predicted octanol–water partition coefficient (Wildman–Crippen LogP) is 3.48. The van der Waals surface area contributed by atoms with Gasteiger partial charge in [-0.15, -0.1) is 0 Å². The summed E-state index contributed by atoms with van der Waals surface area (Å²) in [6, 6.07) is 11.3. The van der Waals surface area contributed by atoms with Crippen molar-refractivity contribution in [1.29, 1.82) is 0 Å². The molecule has 0 aromatic heterocycles. The van der Waals surface area contributed by atoms with Gasteiger partial charge < -0.3 is 10.6 Å². The number of benzene rings is 2. The number of rotatable bonds is 3. The Morgan fingerprint density at radius 2 is 1.79 bits per heavy atom. The largest absolute Gasteiger partial charge is 0.355 e. The third-order valence-electron chi connectivity index (χ3n) is 3.01. The third kappa shape index (κ3) is 4.67. The van der Waals surface area contributed by atoms with E-state index in [1.54, 1.807) is 37.4 Å². The lowest BCUT2D eigenvalue weighted by atomic mass is 10.2. The van der Waals surface area contributed by atoms with E-state index in [1.807, 2.05) is 0 Å². The highest BCUT2D eigenvalue weighted by Crippen LogP contribution is 2.20. The molecule has 2 aromatic carbocycles. The molecule has 0 radical (unpaired) electrons. The second-order valence-corrected chi connectivity index (χ2v) is 5.94. The number of thiocarbonyl (C=S) groups is 1. The van der Waals surface area contributed by atoms with Gasteiger partial charge >= 0.3 is 0 Å². The summed E-state index contributed by atoms with van der Waals surface area (Å²) in [6.07, 6.45) is 0. The van der Waals surface area contributed by atoms with E-state index in [1.165, 1.54) is 12.1 Å². The molecular weight excluding hydrogens is 369 g/mol. The first-order valence-corrected chi connectivity index (χ1v) is 7.96. The van der Waals surface area contributed by atoms with Crippen LogP contribution >= 0.6 is 35.4 Å². The normalized spacial score (nSPS) is 9.96. The van der Waals surface area contributed by atoms with E-state index in [-0.39, 0.29) is 21.6 Å². The van der Waals surface area contributed by atoms with Gasteiger partial charge in [-0.3, -0.25) is 14.9 Å². The Kier molecular flexibility index (Phi) is 6.14. The first-order valence-electron chi connectivity index (χ1n) is 6.80. The van der Waals surface area contributed by atoms with E-state index in [4.69, 9.17) is 35.4 Å². The summed E-state index contributed by atoms with van der Waals surface area (Å²) in [6.45, 7) is 0. The van der Waals surface area contributed by atoms with Crippen molar-refractivity contribution >= 4 is 58.0 Å². The average molecular weight is 382 g/mol. The molecular formula is C16H13Cl2N3O2S. The lowest BCUT2D eigenvalue weighted by Crippen LogP contribution is -2.34. The lowest BCUT2D eigenvalue weighted by Gasteiger charge is -2.11. The Balaban J connectivity index is 2.05. The summed E-state index contributed by atoms with van der Waals surface area (Å²) in [5, 5.41) is 8.64. The van der Waals surface area contributed by atoms with Crippen LogP contribution in [-0.2, 0) is 0 Å². The standard InChI is InChI=1S/C16H13Cl2N3O2S/c1-19-14(22)9-3-2-4-11(7-9)20-16(24)21-15(23)12-6-5-10(17)8-13(12)18/h2-8H,1H3,(H,19,22)(H2,20,21,23,24). The molecule has 0 heterocycles. The van der Waals surface area contributed by atoms with Gasteiger partial charge in [-0.05, 0) is 48.6 Å². The molecule has 0 spiro atoms. The molecule has 124 valence electrons. The summed E-state index contributed by atoms with van der Waals surface area (Å²) in [7, 11) is 1.54. The van der Waals surface area contributed by atoms with Crippen molar-refractivity contribution in [2.24, 2.45) is 0 Å². The zero-order valence-electron chi connectivity index (χ0n) is 12.5. The average Bonchev–Trinajstić information content (AvgIpc) is 2.53. The Labute approximate surface area is 154 Å². The summed E-state index contributed by atoms with van der Waals surface area (Å²) in [4.78, 5) is 23.8. The van der Waals surface area contributed by atoms with E-state index >= 15 is 0 Å². The molecule has 3 N–H and O–H groups in total. The zero-order chi connectivity index (χ0) is 17.7. The fourth-order valence-corrected chi connectivity index (χ4v) is 2.59. The predicted molar refractivity (Wildman–Crippen MR) is 100.0 cm³/mol. The lowest BCUT2D eigenvalue weighted by molar-refractivity contribution is 0.0959. The van der Waals surface area contributed by atoms with Crippen LogP contribution in [-0.4, -0.2) is 24.0 Å². The van der Waals surface area contributed by atoms with Gasteiger partial charge in [0.15, 0.2) is 5.11 Å². The van der Waals surface area contributed by atoms with Crippen molar-refractivity contribution in [2.45, 2.75) is 0 Å². The molecule has 0 unspecified atom stereocenters. The van der Waals surface area contributed by atoms with Crippen LogP contribution in [0, 0.1) is 0 Å². The number of hydrogen-bond acceptors (Lipinski definition) is 3. The van der Waals surface area contributed by atoms with Crippen molar-refractivity contribution in [3.05, 3.63) is 63.6 Å². The molecule has 0 aliphatic carbocycles. The molecule has 2 rings (SSSR count). The molecule has 5 nitrogen and oxygen atoms in total. The highest BCUT2D eigenvalue weighted by atomic mass is 35.5. The van der Waals surface area contributed by atoms with Gasteiger partial charge in [-0.1, -0.05) is 29.3 Å². The first kappa shape index (κ1) is 18.2. The number of carbonyl (C=O) groups is 2. The summed E-state index contributed by atoms with van der Waals surface area (Å²) in [5.41, 5.74) is 1.30. The molecule has 2 amide bonds. The van der Waals surface area contributed by atoms with Crippen LogP contribution in [0.15, 0.2) is 42.5 Å². The second-order valence-electron chi connectivity index (χ2n) is 4.69. The second kappa shape index (κ2) is 8.10. The SMILES string of the molecule is CNC(=O)c1cccc(NC(=S)NC(=O)c2ccc(Cl)cc2Cl)c1. The van der Waals surface area contributed by atoms with Gasteiger partial charge in [0, 0.05) is 23.3 Å². The quantitative estimate of drug-likeness (QED) is 0.711. The molecule has 0 aliphatic rings. The monoisotopic (exact) mass is 381 g/mol. The van der Waals surface area contributed by atoms with E-state index < -0.39 is 5.91 Å². The smallest absolute Gasteiger partial charge is 0.258 e. The highest BCUT2D eigenvalue weighted by molar-refractivity contribution is 7.80. The molecule has 0 saturated heterocycles. The van der Waals surface area contributed by atoms with Gasteiger partial charge in [0.2, 0.25) is 0 Å². The molecule has 0 atom stereocenters. The van der Waals surface area contributed by atoms with E-state index in [2.05, 4.69) is 16.0 Å². The maximum Gasteiger partial charge on any atom is 0.258 e. The van der Waals surface area contributed by atoms with Crippen molar-refractivity contribution in [2.75, 3.05) is 12.4 Å². The van der Waals surface area contributed by atoms with Gasteiger partial charge in [0.05, 0.1) is 10.6 Å². The number of amides is 2. The zero-order valence-corrected chi connectivity index (χ0v) is 14.9. The summed E-state index contributed by atoms with van der Waals surface area (Å²) < 4.78 is 0. The number of anilines is 1. The van der Waals surface area contributed by atoms with Crippen LogP contribution in [0.25, 0.3) is 0 Å². The Hall–Kier alpha value is -2.15. The Morgan fingerprint density at radius 1 is 1.04 bits per heavy atom. The molecule has 8 heteroatoms. The Morgan fingerprint density at radius 3 is 2.46 bits per heavy atom. The first-order chi connectivity index (χ1) is 11.4. The van der Waals surface area contributed by atoms with Crippen LogP contribution in [0.2, 0.25) is 10.0 Å². The number of hydrogen-bond donors (Lipinski definition) is 3. The fraction of sp³-hybridized carbons (Fsp3) is 0.0625. The summed E-state index contributed by atoms with van der Waals surface area (Å²) in [5.74, 6) is -0.682. The molecule has 24 heavy (non-hydrogen) atoms. The van der Waals surface area contributed by atoms with Crippen molar-refractivity contribution in [1.82, 2.24) is 10.6 Å². The number of halogens is 2. The molecule has 0 saturated carbocycles. The number of carbonyl (C=O) groups excluding carboxylic acids is 2. The highest BCUT2D eigenvalue weighted by Gasteiger charge is 2.12. The van der Waals surface area contributed by atoms with Crippen LogP contribution in [0.4, 0.5) is 5.69 Å². The van der Waals surface area contributed by atoms with Crippen molar-refractivity contribution in [3.63, 3.8) is 0 Å². The maximum absolute atomic E-state index is 12.2. The van der Waals surface area contributed by atoms with Crippen molar-refractivity contribution in [3.8, 4) is 0 Å². The number of nitrogens with one attached hydrogen (secondary N) is 3. The third-order valence-corrected chi connectivity index (χ3v) is 3.76. The van der Waals surface area contributed by atoms with Gasteiger partial charge in [-0.25, -0.2) is 0 Å². The van der Waals surface area contributed by atoms with Crippen LogP contribution < -0.4 is 16.0 Å². The van der Waals surface area contributed by atoms with Crippen molar-refractivity contribution < 1.29 is 9.59 Å². The fourth-order valence-electron chi connectivity index (χ4n) is 1.89. The minimum absolute atomic E-state index is 0.0834. The Bertz CT molecular complexity index is 812. The maximum atomic E-state index is 12.2. The van der Waals surface area contributed by atoms with Gasteiger partial charge in [0.1, 0.15) is 0 Å². The van der Waals surface area contributed by atoms with Crippen LogP contribution in [0.5, 0.6) is 0 Å². The van der Waals surface area contributed by atoms with E-state index in [0.29, 0.717) is 16.3 Å².